The summed E-state index contributed by atoms with van der Waals surface area (Å²) in [5.41, 5.74) is 0.197. The van der Waals surface area contributed by atoms with E-state index < -0.39 is 14.8 Å². The average molecular weight is 314 g/mol. The largest absolute Gasteiger partial charge is 0.393 e. The van der Waals surface area contributed by atoms with E-state index >= 15 is 0 Å². The van der Waals surface area contributed by atoms with Crippen LogP contribution in [0.25, 0.3) is 0 Å². The lowest BCUT2D eigenvalue weighted by Crippen LogP contribution is -2.36. The van der Waals surface area contributed by atoms with Gasteiger partial charge >= 0.3 is 0 Å². The minimum atomic E-state index is -3.47. The number of nitrogens with zero attached hydrogens (tertiary/aromatic N) is 2. The molecule has 1 heterocycles. The average Bonchev–Trinajstić information content (AvgIpc) is 2.47. The van der Waals surface area contributed by atoms with Gasteiger partial charge in [0, 0.05) is 19.2 Å². The highest BCUT2D eigenvalue weighted by Gasteiger charge is 2.26. The predicted molar refractivity (Wildman–Crippen MR) is 78.3 cm³/mol. The molecule has 0 aliphatic carbocycles. The van der Waals surface area contributed by atoms with Gasteiger partial charge in [0.1, 0.15) is 5.69 Å². The smallest absolute Gasteiger partial charge is 0.293 e. The molecule has 1 aromatic carbocycles. The SMILES string of the molecule is CCS(=O)(=O)c1ccc(N2CCC(O)CC2)c([N+](=O)[O-])c1. The predicted octanol–water partition coefficient (Wildman–Crippen LogP) is 1.35. The molecule has 1 fully saturated rings. The summed E-state index contributed by atoms with van der Waals surface area (Å²) in [6.07, 6.45) is 0.721. The molecule has 1 aliphatic heterocycles. The highest BCUT2D eigenvalue weighted by molar-refractivity contribution is 7.91. The lowest BCUT2D eigenvalue weighted by atomic mass is 10.1. The monoisotopic (exact) mass is 314 g/mol. The van der Waals surface area contributed by atoms with Crippen molar-refractivity contribution in [3.05, 3.63) is 28.3 Å². The van der Waals surface area contributed by atoms with Crippen LogP contribution in [0.3, 0.4) is 0 Å². The van der Waals surface area contributed by atoms with Crippen LogP contribution in [0.2, 0.25) is 0 Å². The second kappa shape index (κ2) is 5.98. The maximum Gasteiger partial charge on any atom is 0.293 e. The number of rotatable bonds is 4. The van der Waals surface area contributed by atoms with Crippen LogP contribution in [0.15, 0.2) is 23.1 Å². The number of aliphatic hydroxyl groups excluding tert-OH is 1. The quantitative estimate of drug-likeness (QED) is 0.665. The summed E-state index contributed by atoms with van der Waals surface area (Å²) in [7, 11) is -3.47. The molecule has 0 aromatic heterocycles. The van der Waals surface area contributed by atoms with Gasteiger partial charge in [0.25, 0.3) is 5.69 Å². The van der Waals surface area contributed by atoms with Crippen molar-refractivity contribution in [2.24, 2.45) is 0 Å². The van der Waals surface area contributed by atoms with Gasteiger partial charge < -0.3 is 10.0 Å². The van der Waals surface area contributed by atoms with Crippen LogP contribution in [-0.2, 0) is 9.84 Å². The molecule has 1 saturated heterocycles. The molecule has 0 unspecified atom stereocenters. The molecule has 1 aliphatic rings. The molecule has 1 N–H and O–H groups in total. The first-order valence-electron chi connectivity index (χ1n) is 6.79. The minimum absolute atomic E-state index is 0.0301. The Balaban J connectivity index is 2.41. The third kappa shape index (κ3) is 3.33. The third-order valence-corrected chi connectivity index (χ3v) is 5.42. The molecule has 0 atom stereocenters. The van der Waals surface area contributed by atoms with Crippen molar-refractivity contribution in [1.82, 2.24) is 0 Å². The number of nitro benzene ring substituents is 1. The van der Waals surface area contributed by atoms with Gasteiger partial charge in [0.05, 0.1) is 21.7 Å². The van der Waals surface area contributed by atoms with Crippen molar-refractivity contribution in [3.63, 3.8) is 0 Å². The molecule has 0 bridgehead atoms. The molecule has 0 saturated carbocycles. The van der Waals surface area contributed by atoms with Crippen LogP contribution in [0.1, 0.15) is 19.8 Å². The van der Waals surface area contributed by atoms with Gasteiger partial charge in [-0.2, -0.15) is 0 Å². The maximum atomic E-state index is 11.8. The molecule has 2 rings (SSSR count). The summed E-state index contributed by atoms with van der Waals surface area (Å²) < 4.78 is 23.7. The van der Waals surface area contributed by atoms with Gasteiger partial charge in [-0.25, -0.2) is 8.42 Å². The molecule has 0 radical (unpaired) electrons. The Hall–Kier alpha value is -1.67. The Morgan fingerprint density at radius 1 is 1.38 bits per heavy atom. The molecule has 116 valence electrons. The van der Waals surface area contributed by atoms with Crippen molar-refractivity contribution in [1.29, 1.82) is 0 Å². The van der Waals surface area contributed by atoms with Gasteiger partial charge in [-0.1, -0.05) is 6.92 Å². The van der Waals surface area contributed by atoms with Crippen molar-refractivity contribution in [3.8, 4) is 0 Å². The van der Waals surface area contributed by atoms with Gasteiger partial charge in [0.15, 0.2) is 9.84 Å². The number of hydrogen-bond donors (Lipinski definition) is 1. The summed E-state index contributed by atoms with van der Waals surface area (Å²) in [5.74, 6) is -0.0978. The molecular weight excluding hydrogens is 296 g/mol. The lowest BCUT2D eigenvalue weighted by molar-refractivity contribution is -0.384. The minimum Gasteiger partial charge on any atom is -0.393 e. The number of piperidine rings is 1. The molecular formula is C13H18N2O5S. The van der Waals surface area contributed by atoms with Gasteiger partial charge in [-0.15, -0.1) is 0 Å². The van der Waals surface area contributed by atoms with E-state index in [1.54, 1.807) is 0 Å². The second-order valence-corrected chi connectivity index (χ2v) is 7.31. The van der Waals surface area contributed by atoms with E-state index in [2.05, 4.69) is 0 Å². The Bertz CT molecular complexity index is 636. The fraction of sp³-hybridized carbons (Fsp3) is 0.538. The molecule has 21 heavy (non-hydrogen) atoms. The topological polar surface area (TPSA) is 101 Å². The standard InChI is InChI=1S/C13H18N2O5S/c1-2-21(19,20)11-3-4-12(13(9-11)15(17)18)14-7-5-10(16)6-8-14/h3-4,9-10,16H,2,5-8H2,1H3. The first kappa shape index (κ1) is 15.7. The van der Waals surface area contributed by atoms with Crippen LogP contribution in [0.4, 0.5) is 11.4 Å². The van der Waals surface area contributed by atoms with E-state index in [1.807, 2.05) is 4.90 Å². The number of sulfone groups is 1. The highest BCUT2D eigenvalue weighted by atomic mass is 32.2. The molecule has 0 amide bonds. The summed E-state index contributed by atoms with van der Waals surface area (Å²) in [4.78, 5) is 12.5. The zero-order chi connectivity index (χ0) is 15.6. The van der Waals surface area contributed by atoms with Crippen molar-refractivity contribution < 1.29 is 18.4 Å². The zero-order valence-corrected chi connectivity index (χ0v) is 12.5. The van der Waals surface area contributed by atoms with Crippen molar-refractivity contribution in [2.45, 2.75) is 30.8 Å². The summed E-state index contributed by atoms with van der Waals surface area (Å²) in [6.45, 7) is 2.53. The Morgan fingerprint density at radius 2 is 2.00 bits per heavy atom. The van der Waals surface area contributed by atoms with Crippen molar-refractivity contribution in [2.75, 3.05) is 23.7 Å². The number of nitro groups is 1. The third-order valence-electron chi connectivity index (χ3n) is 3.69. The lowest BCUT2D eigenvalue weighted by Gasteiger charge is -2.31. The van der Waals surface area contributed by atoms with Crippen molar-refractivity contribution >= 4 is 21.2 Å². The van der Waals surface area contributed by atoms with Crippen LogP contribution in [0.5, 0.6) is 0 Å². The second-order valence-electron chi connectivity index (χ2n) is 5.03. The van der Waals surface area contributed by atoms with Gasteiger partial charge in [0.2, 0.25) is 0 Å². The molecule has 8 heteroatoms. The van der Waals surface area contributed by atoms with E-state index in [0.29, 0.717) is 31.6 Å². The molecule has 7 nitrogen and oxygen atoms in total. The summed E-state index contributed by atoms with van der Waals surface area (Å²) >= 11 is 0. The Labute approximate surface area is 123 Å². The fourth-order valence-corrected chi connectivity index (χ4v) is 3.28. The summed E-state index contributed by atoms with van der Waals surface area (Å²) in [5, 5.41) is 20.7. The Kier molecular flexibility index (Phi) is 4.48. The van der Waals surface area contributed by atoms with E-state index in [0.717, 1.165) is 6.07 Å². The van der Waals surface area contributed by atoms with E-state index in [9.17, 15) is 23.6 Å². The normalized spacial score (nSPS) is 17.0. The molecule has 0 spiro atoms. The van der Waals surface area contributed by atoms with E-state index in [1.165, 1.54) is 19.1 Å². The van der Waals surface area contributed by atoms with Crippen LogP contribution < -0.4 is 4.90 Å². The van der Waals surface area contributed by atoms with Crippen LogP contribution >= 0.6 is 0 Å². The van der Waals surface area contributed by atoms with Gasteiger partial charge in [-0.05, 0) is 25.0 Å². The molecule has 1 aromatic rings. The number of anilines is 1. The summed E-state index contributed by atoms with van der Waals surface area (Å²) in [6, 6.07) is 4.02. The van der Waals surface area contributed by atoms with E-state index in [4.69, 9.17) is 0 Å². The first-order valence-corrected chi connectivity index (χ1v) is 8.44. The number of benzene rings is 1. The first-order chi connectivity index (χ1) is 9.85. The number of aliphatic hydroxyl groups is 1. The highest BCUT2D eigenvalue weighted by Crippen LogP contribution is 2.32. The van der Waals surface area contributed by atoms with Gasteiger partial charge in [-0.3, -0.25) is 10.1 Å². The Morgan fingerprint density at radius 3 is 2.52 bits per heavy atom. The zero-order valence-electron chi connectivity index (χ0n) is 11.7. The number of hydrogen-bond acceptors (Lipinski definition) is 6. The van der Waals surface area contributed by atoms with Crippen LogP contribution in [0, 0.1) is 10.1 Å². The van der Waals surface area contributed by atoms with Crippen LogP contribution in [-0.4, -0.2) is 43.4 Å². The van der Waals surface area contributed by atoms with E-state index in [-0.39, 0.29) is 22.4 Å². The maximum absolute atomic E-state index is 11.8. The fourth-order valence-electron chi connectivity index (χ4n) is 2.38.